The minimum absolute atomic E-state index is 0.0274. The number of benzene rings is 1. The van der Waals surface area contributed by atoms with Gasteiger partial charge in [-0.05, 0) is 122 Å². The Kier molecular flexibility index (Phi) is 10.1. The third-order valence-corrected chi connectivity index (χ3v) is 10.2. The van der Waals surface area contributed by atoms with Crippen LogP contribution in [0.1, 0.15) is 106 Å². The second-order valence-corrected chi connectivity index (χ2v) is 14.5. The first-order valence-corrected chi connectivity index (χ1v) is 15.5. The van der Waals surface area contributed by atoms with Gasteiger partial charge in [0.25, 0.3) is 0 Å². The molecule has 0 heterocycles. The number of rotatable bonds is 10. The highest BCUT2D eigenvalue weighted by molar-refractivity contribution is 6.29. The molecule has 0 saturated heterocycles. The summed E-state index contributed by atoms with van der Waals surface area (Å²) in [7, 11) is 0. The van der Waals surface area contributed by atoms with Gasteiger partial charge in [-0.1, -0.05) is 60.9 Å². The lowest BCUT2D eigenvalue weighted by atomic mass is 9.39. The van der Waals surface area contributed by atoms with Gasteiger partial charge in [0.05, 0.1) is 0 Å². The van der Waals surface area contributed by atoms with Crippen LogP contribution in [0, 0.1) is 28.1 Å². The van der Waals surface area contributed by atoms with Crippen molar-refractivity contribution in [1.29, 1.82) is 0 Å². The number of hydrogen-bond acceptors (Lipinski definition) is 5. The molecule has 2 aliphatic carbocycles. The van der Waals surface area contributed by atoms with Crippen LogP contribution in [-0.4, -0.2) is 26.9 Å². The number of ketones is 2. The number of aliphatic hydroxyl groups excluding tert-OH is 1. The van der Waals surface area contributed by atoms with Gasteiger partial charge in [0, 0.05) is 16.4 Å². The monoisotopic (exact) mass is 588 g/mol. The van der Waals surface area contributed by atoms with Gasteiger partial charge in [-0.25, -0.2) is 0 Å². The van der Waals surface area contributed by atoms with Crippen LogP contribution in [0.5, 0.6) is 11.5 Å². The van der Waals surface area contributed by atoms with Crippen LogP contribution >= 0.6 is 0 Å². The van der Waals surface area contributed by atoms with E-state index >= 15 is 0 Å². The molecule has 2 bridgehead atoms. The number of phenols is 2. The van der Waals surface area contributed by atoms with E-state index in [2.05, 4.69) is 66.3 Å². The van der Waals surface area contributed by atoms with Crippen molar-refractivity contribution in [1.82, 2.24) is 0 Å². The van der Waals surface area contributed by atoms with Crippen molar-refractivity contribution in [2.24, 2.45) is 28.1 Å². The van der Waals surface area contributed by atoms with E-state index in [0.29, 0.717) is 25.7 Å². The normalized spacial score (nSPS) is 26.3. The van der Waals surface area contributed by atoms with E-state index in [4.69, 9.17) is 0 Å². The van der Waals surface area contributed by atoms with Crippen molar-refractivity contribution in [2.75, 3.05) is 0 Å². The minimum atomic E-state index is -0.936. The fourth-order valence-corrected chi connectivity index (χ4v) is 7.30. The number of fused-ring (bicyclic) bond motifs is 2. The van der Waals surface area contributed by atoms with Crippen molar-refractivity contribution in [3.63, 3.8) is 0 Å². The third-order valence-electron chi connectivity index (χ3n) is 10.2. The standard InChI is InChI=1S/C38H52O5/c1-23(2)11-13-28(26(7)8)20-37-21-29(15-12-24(3)4)36(9,10)38(22-37,18-17-25(5)6)35(43)32(34(37)42)33(41)27-14-16-30(39)31(40)19-27/h11-12,14,16-17,19,28-29,39-41H,7,13,15,18,20-22H2,1-6,8-10H3/b33-32+/t28-,29-,37+,38-/m1/s1. The highest BCUT2D eigenvalue weighted by Gasteiger charge is 2.68. The molecule has 43 heavy (non-hydrogen) atoms. The summed E-state index contributed by atoms with van der Waals surface area (Å²) in [5, 5.41) is 31.8. The predicted octanol–water partition coefficient (Wildman–Crippen LogP) is 9.58. The van der Waals surface area contributed by atoms with Crippen molar-refractivity contribution >= 4 is 17.3 Å². The van der Waals surface area contributed by atoms with E-state index in [1.807, 2.05) is 20.8 Å². The molecule has 0 spiro atoms. The fourth-order valence-electron chi connectivity index (χ4n) is 7.30. The first-order chi connectivity index (χ1) is 19.9. The van der Waals surface area contributed by atoms with E-state index < -0.39 is 27.8 Å². The van der Waals surface area contributed by atoms with Gasteiger partial charge < -0.3 is 15.3 Å². The first kappa shape index (κ1) is 34.2. The Hall–Kier alpha value is -3.34. The number of aromatic hydroxyl groups is 2. The molecule has 5 heteroatoms. The van der Waals surface area contributed by atoms with Crippen LogP contribution < -0.4 is 0 Å². The molecule has 0 aromatic heterocycles. The van der Waals surface area contributed by atoms with Crippen LogP contribution in [0.15, 0.2) is 70.9 Å². The van der Waals surface area contributed by atoms with E-state index in [-0.39, 0.29) is 40.3 Å². The fraction of sp³-hybridized carbons (Fsp3) is 0.526. The van der Waals surface area contributed by atoms with Crippen LogP contribution in [0.25, 0.3) is 5.76 Å². The molecule has 2 saturated carbocycles. The third kappa shape index (κ3) is 6.61. The smallest absolute Gasteiger partial charge is 0.177 e. The first-order valence-electron chi connectivity index (χ1n) is 15.5. The zero-order chi connectivity index (χ0) is 32.5. The largest absolute Gasteiger partial charge is 0.506 e. The maximum absolute atomic E-state index is 14.9. The Morgan fingerprint density at radius 3 is 2.07 bits per heavy atom. The predicted molar refractivity (Wildman–Crippen MR) is 176 cm³/mol. The second kappa shape index (κ2) is 12.7. The van der Waals surface area contributed by atoms with E-state index in [9.17, 15) is 24.9 Å². The van der Waals surface area contributed by atoms with Gasteiger partial charge in [0.1, 0.15) is 11.3 Å². The van der Waals surface area contributed by atoms with Crippen molar-refractivity contribution in [3.8, 4) is 11.5 Å². The number of carbonyl (C=O) groups excluding carboxylic acids is 2. The van der Waals surface area contributed by atoms with E-state index in [0.717, 1.165) is 24.0 Å². The van der Waals surface area contributed by atoms with Crippen molar-refractivity contribution in [3.05, 3.63) is 76.4 Å². The van der Waals surface area contributed by atoms with Gasteiger partial charge in [-0.15, -0.1) is 0 Å². The summed E-state index contributed by atoms with van der Waals surface area (Å²) >= 11 is 0. The Morgan fingerprint density at radius 2 is 1.53 bits per heavy atom. The Bertz CT molecular complexity index is 1410. The van der Waals surface area contributed by atoms with Crippen molar-refractivity contribution < 1.29 is 24.9 Å². The number of carbonyl (C=O) groups is 2. The summed E-state index contributed by atoms with van der Waals surface area (Å²) in [6.45, 7) is 22.9. The average Bonchev–Trinajstić information content (AvgIpc) is 2.90. The molecule has 2 fully saturated rings. The molecule has 0 amide bonds. The van der Waals surface area contributed by atoms with E-state index in [1.54, 1.807) is 0 Å². The molecule has 1 aromatic carbocycles. The number of Topliss-reactive ketones (excluding diaryl/α,β-unsaturated/α-hetero) is 2. The summed E-state index contributed by atoms with van der Waals surface area (Å²) in [5.41, 5.74) is 2.11. The Morgan fingerprint density at radius 1 is 0.930 bits per heavy atom. The lowest BCUT2D eigenvalue weighted by molar-refractivity contribution is -0.167. The van der Waals surface area contributed by atoms with Gasteiger partial charge in [-0.3, -0.25) is 9.59 Å². The molecule has 5 nitrogen and oxygen atoms in total. The van der Waals surface area contributed by atoms with Crippen LogP contribution in [0.2, 0.25) is 0 Å². The molecule has 1 aromatic rings. The zero-order valence-corrected chi connectivity index (χ0v) is 27.7. The molecular formula is C38H52O5. The molecule has 3 rings (SSSR count). The minimum Gasteiger partial charge on any atom is -0.506 e. The number of allylic oxidation sites excluding steroid dienone is 8. The van der Waals surface area contributed by atoms with Crippen molar-refractivity contribution in [2.45, 2.75) is 101 Å². The Balaban J connectivity index is 2.39. The topological polar surface area (TPSA) is 94.8 Å². The average molecular weight is 589 g/mol. The number of hydrogen-bond donors (Lipinski definition) is 3. The Labute approximate surface area is 258 Å². The molecule has 3 N–H and O–H groups in total. The van der Waals surface area contributed by atoms with Gasteiger partial charge in [0.15, 0.2) is 23.1 Å². The van der Waals surface area contributed by atoms with E-state index in [1.165, 1.54) is 29.3 Å². The van der Waals surface area contributed by atoms with Gasteiger partial charge >= 0.3 is 0 Å². The maximum Gasteiger partial charge on any atom is 0.177 e. The maximum atomic E-state index is 14.9. The van der Waals surface area contributed by atoms with Crippen LogP contribution in [-0.2, 0) is 9.59 Å². The molecule has 234 valence electrons. The molecule has 0 aliphatic heterocycles. The highest BCUT2D eigenvalue weighted by Crippen LogP contribution is 2.68. The zero-order valence-electron chi connectivity index (χ0n) is 27.7. The SMILES string of the molecule is C=C(C)[C@H](CC=C(C)C)C[C@]12C[C@@H](CC=C(C)C)C(C)(C)[C@](CC=C(C)C)(C1)C(=O)/C(=C(/O)c1ccc(O)c(O)c1)C2=O. The molecule has 0 unspecified atom stereocenters. The molecule has 2 aliphatic rings. The van der Waals surface area contributed by atoms with Crippen LogP contribution in [0.4, 0.5) is 0 Å². The van der Waals surface area contributed by atoms with Gasteiger partial charge in [-0.2, -0.15) is 0 Å². The second-order valence-electron chi connectivity index (χ2n) is 14.5. The lowest BCUT2D eigenvalue weighted by Gasteiger charge is -2.62. The summed E-state index contributed by atoms with van der Waals surface area (Å²) in [6, 6.07) is 3.88. The number of phenolic OH excluding ortho intramolecular Hbond substituents is 2. The quantitative estimate of drug-likeness (QED) is 0.0832. The lowest BCUT2D eigenvalue weighted by Crippen LogP contribution is -2.63. The highest BCUT2D eigenvalue weighted by atomic mass is 16.3. The summed E-state index contributed by atoms with van der Waals surface area (Å²) in [5.74, 6) is -1.78. The molecule has 0 radical (unpaired) electrons. The summed E-state index contributed by atoms with van der Waals surface area (Å²) in [4.78, 5) is 29.8. The summed E-state index contributed by atoms with van der Waals surface area (Å²) < 4.78 is 0. The van der Waals surface area contributed by atoms with Gasteiger partial charge in [0.2, 0.25) is 0 Å². The van der Waals surface area contributed by atoms with Crippen LogP contribution in [0.3, 0.4) is 0 Å². The number of aliphatic hydroxyl groups is 1. The summed E-state index contributed by atoms with van der Waals surface area (Å²) in [6.07, 6.45) is 10.0. The molecule has 4 atom stereocenters. The molecular weight excluding hydrogens is 536 g/mol.